The second kappa shape index (κ2) is 6.41. The number of hydrogen-bond donors (Lipinski definition) is 0. The van der Waals surface area contributed by atoms with Crippen LogP contribution in [-0.2, 0) is 4.74 Å². The van der Waals surface area contributed by atoms with Gasteiger partial charge in [-0.2, -0.15) is 0 Å². The van der Waals surface area contributed by atoms with Crippen molar-refractivity contribution in [3.63, 3.8) is 0 Å². The van der Waals surface area contributed by atoms with E-state index in [1.54, 1.807) is 17.0 Å². The summed E-state index contributed by atoms with van der Waals surface area (Å²) in [6.07, 6.45) is 0.140. The van der Waals surface area contributed by atoms with E-state index in [2.05, 4.69) is 0 Å². The zero-order valence-corrected chi connectivity index (χ0v) is 11.6. The average molecular weight is 283 g/mol. The van der Waals surface area contributed by atoms with E-state index in [1.165, 1.54) is 0 Å². The molecular weight excluding hydrogens is 266 g/mol. The fourth-order valence-corrected chi connectivity index (χ4v) is 2.27. The van der Waals surface area contributed by atoms with Crippen LogP contribution in [0.4, 0.5) is 0 Å². The van der Waals surface area contributed by atoms with Crippen LogP contribution >= 0.6 is 0 Å². The first kappa shape index (κ1) is 13.6. The number of carbonyl (C=O) groups is 1. The normalized spacial score (nSPS) is 18.3. The first-order valence-electron chi connectivity index (χ1n) is 7.04. The summed E-state index contributed by atoms with van der Waals surface area (Å²) >= 11 is 0. The molecule has 1 atom stereocenters. The Bertz CT molecular complexity index is 585. The summed E-state index contributed by atoms with van der Waals surface area (Å²) in [5.74, 6) is 0.617. The van der Waals surface area contributed by atoms with Crippen molar-refractivity contribution in [2.75, 3.05) is 13.2 Å². The smallest absolute Gasteiger partial charge is 0.286 e. The van der Waals surface area contributed by atoms with Crippen molar-refractivity contribution in [1.82, 2.24) is 4.90 Å². The lowest BCUT2D eigenvalue weighted by molar-refractivity contribution is -0.181. The molecule has 108 valence electrons. The van der Waals surface area contributed by atoms with Crippen molar-refractivity contribution in [2.45, 2.75) is 12.8 Å². The van der Waals surface area contributed by atoms with Crippen LogP contribution in [0.2, 0.25) is 0 Å². The Morgan fingerprint density at radius 2 is 1.71 bits per heavy atom. The van der Waals surface area contributed by atoms with E-state index in [0.29, 0.717) is 24.5 Å². The number of hydrogen-bond acceptors (Lipinski definition) is 3. The summed E-state index contributed by atoms with van der Waals surface area (Å²) in [6, 6.07) is 18.6. The van der Waals surface area contributed by atoms with Crippen molar-refractivity contribution < 1.29 is 14.3 Å². The molecule has 1 aliphatic heterocycles. The molecule has 0 spiro atoms. The van der Waals surface area contributed by atoms with Gasteiger partial charge in [0.15, 0.2) is 0 Å². The van der Waals surface area contributed by atoms with Gasteiger partial charge in [0, 0.05) is 12.1 Å². The Labute approximate surface area is 123 Å². The minimum absolute atomic E-state index is 0.0729. The van der Waals surface area contributed by atoms with Crippen LogP contribution < -0.4 is 4.74 Å². The van der Waals surface area contributed by atoms with E-state index in [4.69, 9.17) is 9.47 Å². The van der Waals surface area contributed by atoms with Crippen LogP contribution in [0.1, 0.15) is 16.8 Å². The molecule has 0 bridgehead atoms. The van der Waals surface area contributed by atoms with Crippen molar-refractivity contribution in [3.05, 3.63) is 66.2 Å². The van der Waals surface area contributed by atoms with Gasteiger partial charge in [0.1, 0.15) is 5.75 Å². The molecule has 3 rings (SSSR count). The van der Waals surface area contributed by atoms with Crippen LogP contribution in [0.15, 0.2) is 60.7 Å². The molecule has 0 aromatic heterocycles. The van der Waals surface area contributed by atoms with Gasteiger partial charge >= 0.3 is 0 Å². The SMILES string of the molecule is O=C(c1ccccc1)N1CCCOC1Oc1ccccc1. The summed E-state index contributed by atoms with van der Waals surface area (Å²) in [5, 5.41) is 0. The molecule has 2 aromatic rings. The zero-order chi connectivity index (χ0) is 14.5. The highest BCUT2D eigenvalue weighted by atomic mass is 16.7. The molecule has 0 aliphatic carbocycles. The third-order valence-electron chi connectivity index (χ3n) is 3.32. The van der Waals surface area contributed by atoms with E-state index in [9.17, 15) is 4.79 Å². The van der Waals surface area contributed by atoms with Crippen molar-refractivity contribution in [2.24, 2.45) is 0 Å². The molecule has 1 saturated heterocycles. The number of para-hydroxylation sites is 1. The quantitative estimate of drug-likeness (QED) is 0.869. The van der Waals surface area contributed by atoms with E-state index in [0.717, 1.165) is 6.42 Å². The highest BCUT2D eigenvalue weighted by Crippen LogP contribution is 2.19. The Morgan fingerprint density at radius 3 is 2.43 bits per heavy atom. The zero-order valence-electron chi connectivity index (χ0n) is 11.6. The Balaban J connectivity index is 1.77. The first-order valence-corrected chi connectivity index (χ1v) is 7.04. The summed E-state index contributed by atoms with van der Waals surface area (Å²) in [7, 11) is 0. The van der Waals surface area contributed by atoms with Gasteiger partial charge in [0.25, 0.3) is 12.3 Å². The topological polar surface area (TPSA) is 38.8 Å². The number of ether oxygens (including phenoxy) is 2. The highest BCUT2D eigenvalue weighted by molar-refractivity contribution is 5.94. The predicted molar refractivity (Wildman–Crippen MR) is 78.9 cm³/mol. The third kappa shape index (κ3) is 3.23. The number of rotatable bonds is 3. The van der Waals surface area contributed by atoms with Crippen LogP contribution in [0.25, 0.3) is 0 Å². The fourth-order valence-electron chi connectivity index (χ4n) is 2.27. The number of amides is 1. The monoisotopic (exact) mass is 283 g/mol. The summed E-state index contributed by atoms with van der Waals surface area (Å²) < 4.78 is 11.4. The molecular formula is C17H17NO3. The lowest BCUT2D eigenvalue weighted by atomic mass is 10.2. The van der Waals surface area contributed by atoms with E-state index in [-0.39, 0.29) is 5.91 Å². The molecule has 0 radical (unpaired) electrons. The van der Waals surface area contributed by atoms with Gasteiger partial charge in [-0.25, -0.2) is 0 Å². The molecule has 0 N–H and O–H groups in total. The Hall–Kier alpha value is -2.33. The maximum atomic E-state index is 12.6. The number of benzene rings is 2. The minimum atomic E-state index is -0.672. The number of carbonyl (C=O) groups excluding carboxylic acids is 1. The van der Waals surface area contributed by atoms with Gasteiger partial charge in [-0.15, -0.1) is 0 Å². The molecule has 4 heteroatoms. The third-order valence-corrected chi connectivity index (χ3v) is 3.32. The molecule has 4 nitrogen and oxygen atoms in total. The molecule has 1 unspecified atom stereocenters. The molecule has 1 amide bonds. The highest BCUT2D eigenvalue weighted by Gasteiger charge is 2.29. The second-order valence-electron chi connectivity index (χ2n) is 4.83. The molecule has 2 aromatic carbocycles. The van der Waals surface area contributed by atoms with E-state index in [1.807, 2.05) is 48.5 Å². The largest absolute Gasteiger partial charge is 0.446 e. The van der Waals surface area contributed by atoms with Crippen LogP contribution in [0, 0.1) is 0 Å². The molecule has 1 aliphatic rings. The van der Waals surface area contributed by atoms with Gasteiger partial charge in [-0.1, -0.05) is 36.4 Å². The van der Waals surface area contributed by atoms with Gasteiger partial charge < -0.3 is 9.47 Å². The Kier molecular flexibility index (Phi) is 4.17. The van der Waals surface area contributed by atoms with Gasteiger partial charge in [-0.05, 0) is 30.7 Å². The van der Waals surface area contributed by atoms with Gasteiger partial charge in [-0.3, -0.25) is 9.69 Å². The van der Waals surface area contributed by atoms with Crippen LogP contribution in [-0.4, -0.2) is 30.4 Å². The standard InChI is InChI=1S/C17H17NO3/c19-16(14-8-3-1-4-9-14)18-12-7-13-20-17(18)21-15-10-5-2-6-11-15/h1-6,8-11,17H,7,12-13H2. The van der Waals surface area contributed by atoms with Crippen molar-refractivity contribution in [1.29, 1.82) is 0 Å². The molecule has 1 fully saturated rings. The number of nitrogens with zero attached hydrogens (tertiary/aromatic N) is 1. The lowest BCUT2D eigenvalue weighted by Gasteiger charge is -2.35. The van der Waals surface area contributed by atoms with Crippen molar-refractivity contribution in [3.8, 4) is 5.75 Å². The lowest BCUT2D eigenvalue weighted by Crippen LogP contribution is -2.49. The minimum Gasteiger partial charge on any atom is -0.446 e. The van der Waals surface area contributed by atoms with Crippen molar-refractivity contribution >= 4 is 5.91 Å². The predicted octanol–water partition coefficient (Wildman–Crippen LogP) is 2.91. The molecule has 21 heavy (non-hydrogen) atoms. The maximum absolute atomic E-state index is 12.6. The Morgan fingerprint density at radius 1 is 1.05 bits per heavy atom. The molecule has 0 saturated carbocycles. The maximum Gasteiger partial charge on any atom is 0.286 e. The summed E-state index contributed by atoms with van der Waals surface area (Å²) in [5.41, 5.74) is 0.643. The van der Waals surface area contributed by atoms with Gasteiger partial charge in [0.05, 0.1) is 6.61 Å². The average Bonchev–Trinajstić information content (AvgIpc) is 2.56. The van der Waals surface area contributed by atoms with Gasteiger partial charge in [0.2, 0.25) is 0 Å². The summed E-state index contributed by atoms with van der Waals surface area (Å²) in [6.45, 7) is 1.22. The first-order chi connectivity index (χ1) is 10.3. The van der Waals surface area contributed by atoms with E-state index < -0.39 is 6.41 Å². The fraction of sp³-hybridized carbons (Fsp3) is 0.235. The van der Waals surface area contributed by atoms with E-state index >= 15 is 0 Å². The summed E-state index contributed by atoms with van der Waals surface area (Å²) in [4.78, 5) is 14.2. The second-order valence-corrected chi connectivity index (χ2v) is 4.83. The van der Waals surface area contributed by atoms with Crippen LogP contribution in [0.5, 0.6) is 5.75 Å². The molecule has 1 heterocycles. The van der Waals surface area contributed by atoms with Crippen LogP contribution in [0.3, 0.4) is 0 Å².